The minimum absolute atomic E-state index is 0.0119. The SMILES string of the molecule is Cc1occc1C(=O)NC(CC(=O)O)c1ccc(C(C)(C)C)cc1. The number of carbonyl (C=O) groups is 2. The van der Waals surface area contributed by atoms with Crippen molar-refractivity contribution in [2.45, 2.75) is 45.6 Å². The molecule has 5 nitrogen and oxygen atoms in total. The number of carbonyl (C=O) groups excluding carboxylic acids is 1. The first-order valence-electron chi connectivity index (χ1n) is 7.85. The molecule has 0 radical (unpaired) electrons. The van der Waals surface area contributed by atoms with Gasteiger partial charge in [-0.1, -0.05) is 45.0 Å². The molecular formula is C19H23NO4. The quantitative estimate of drug-likeness (QED) is 0.873. The summed E-state index contributed by atoms with van der Waals surface area (Å²) in [4.78, 5) is 23.5. The van der Waals surface area contributed by atoms with Crippen LogP contribution in [0.2, 0.25) is 0 Å². The third-order valence-electron chi connectivity index (χ3n) is 3.97. The molecule has 1 amide bonds. The van der Waals surface area contributed by atoms with Crippen molar-refractivity contribution in [1.29, 1.82) is 0 Å². The molecule has 2 N–H and O–H groups in total. The van der Waals surface area contributed by atoms with Crippen molar-refractivity contribution in [3.05, 3.63) is 59.0 Å². The van der Waals surface area contributed by atoms with Crippen LogP contribution in [0.5, 0.6) is 0 Å². The normalized spacial score (nSPS) is 12.7. The molecular weight excluding hydrogens is 306 g/mol. The molecule has 1 aromatic heterocycles. The molecule has 2 rings (SSSR count). The molecule has 1 atom stereocenters. The van der Waals surface area contributed by atoms with E-state index in [0.29, 0.717) is 11.3 Å². The summed E-state index contributed by atoms with van der Waals surface area (Å²) in [5, 5.41) is 11.9. The number of amides is 1. The number of carboxylic acids is 1. The average Bonchev–Trinajstić information content (AvgIpc) is 2.91. The lowest BCUT2D eigenvalue weighted by molar-refractivity contribution is -0.137. The Bertz CT molecular complexity index is 723. The molecule has 0 bridgehead atoms. The summed E-state index contributed by atoms with van der Waals surface area (Å²) in [6.45, 7) is 8.03. The molecule has 0 fully saturated rings. The number of benzene rings is 1. The lowest BCUT2D eigenvalue weighted by atomic mass is 9.86. The minimum atomic E-state index is -0.968. The molecule has 24 heavy (non-hydrogen) atoms. The Morgan fingerprint density at radius 1 is 1.17 bits per heavy atom. The summed E-state index contributed by atoms with van der Waals surface area (Å²) >= 11 is 0. The van der Waals surface area contributed by atoms with E-state index in [1.807, 2.05) is 24.3 Å². The molecule has 0 saturated heterocycles. The largest absolute Gasteiger partial charge is 0.481 e. The van der Waals surface area contributed by atoms with E-state index >= 15 is 0 Å². The highest BCUT2D eigenvalue weighted by atomic mass is 16.4. The Kier molecular flexibility index (Phi) is 5.12. The van der Waals surface area contributed by atoms with Crippen LogP contribution in [0, 0.1) is 6.92 Å². The lowest BCUT2D eigenvalue weighted by Gasteiger charge is -2.21. The van der Waals surface area contributed by atoms with Crippen LogP contribution in [-0.2, 0) is 10.2 Å². The number of hydrogen-bond donors (Lipinski definition) is 2. The summed E-state index contributed by atoms with van der Waals surface area (Å²) < 4.78 is 5.13. The van der Waals surface area contributed by atoms with Gasteiger partial charge in [0.25, 0.3) is 5.91 Å². The van der Waals surface area contributed by atoms with Crippen LogP contribution in [0.15, 0.2) is 41.0 Å². The maximum absolute atomic E-state index is 12.4. The Hall–Kier alpha value is -2.56. The van der Waals surface area contributed by atoms with Crippen LogP contribution >= 0.6 is 0 Å². The zero-order chi connectivity index (χ0) is 17.9. The van der Waals surface area contributed by atoms with Crippen LogP contribution in [0.1, 0.15) is 60.5 Å². The van der Waals surface area contributed by atoms with Crippen molar-refractivity contribution in [3.8, 4) is 0 Å². The molecule has 0 spiro atoms. The van der Waals surface area contributed by atoms with E-state index in [2.05, 4.69) is 26.1 Å². The van der Waals surface area contributed by atoms with Gasteiger partial charge in [0, 0.05) is 0 Å². The van der Waals surface area contributed by atoms with E-state index in [9.17, 15) is 9.59 Å². The molecule has 5 heteroatoms. The van der Waals surface area contributed by atoms with Gasteiger partial charge in [-0.05, 0) is 29.5 Å². The Morgan fingerprint density at radius 3 is 2.25 bits per heavy atom. The minimum Gasteiger partial charge on any atom is -0.481 e. The van der Waals surface area contributed by atoms with Crippen molar-refractivity contribution in [2.24, 2.45) is 0 Å². The molecule has 1 unspecified atom stereocenters. The molecule has 0 aliphatic heterocycles. The number of carboxylic acid groups (broad SMARTS) is 1. The van der Waals surface area contributed by atoms with Crippen molar-refractivity contribution in [3.63, 3.8) is 0 Å². The van der Waals surface area contributed by atoms with Gasteiger partial charge in [0.1, 0.15) is 5.76 Å². The average molecular weight is 329 g/mol. The fourth-order valence-corrected chi connectivity index (χ4v) is 2.50. The van der Waals surface area contributed by atoms with Crippen molar-refractivity contribution >= 4 is 11.9 Å². The molecule has 1 aromatic carbocycles. The monoisotopic (exact) mass is 329 g/mol. The smallest absolute Gasteiger partial charge is 0.305 e. The number of aryl methyl sites for hydroxylation is 1. The van der Waals surface area contributed by atoms with Gasteiger partial charge in [0.05, 0.1) is 24.3 Å². The fraction of sp³-hybridized carbons (Fsp3) is 0.368. The third-order valence-corrected chi connectivity index (χ3v) is 3.97. The molecule has 0 saturated carbocycles. The summed E-state index contributed by atoms with van der Waals surface area (Å²) in [5.74, 6) is -0.804. The van der Waals surface area contributed by atoms with Gasteiger partial charge in [-0.15, -0.1) is 0 Å². The number of nitrogens with one attached hydrogen (secondary N) is 1. The second-order valence-corrected chi connectivity index (χ2v) is 6.89. The van der Waals surface area contributed by atoms with Crippen LogP contribution in [0.25, 0.3) is 0 Å². The Labute approximate surface area is 141 Å². The van der Waals surface area contributed by atoms with E-state index in [1.165, 1.54) is 6.26 Å². The second kappa shape index (κ2) is 6.91. The number of furan rings is 1. The number of hydrogen-bond acceptors (Lipinski definition) is 3. The van der Waals surface area contributed by atoms with Crippen molar-refractivity contribution < 1.29 is 19.1 Å². The van der Waals surface area contributed by atoms with Crippen molar-refractivity contribution in [1.82, 2.24) is 5.32 Å². The molecule has 128 valence electrons. The molecule has 0 aliphatic rings. The number of aliphatic carboxylic acids is 1. The molecule has 0 aliphatic carbocycles. The van der Waals surface area contributed by atoms with Gasteiger partial charge in [-0.3, -0.25) is 9.59 Å². The zero-order valence-corrected chi connectivity index (χ0v) is 14.4. The highest BCUT2D eigenvalue weighted by Crippen LogP contribution is 2.25. The topological polar surface area (TPSA) is 79.5 Å². The standard InChI is InChI=1S/C19H23NO4/c1-12-15(9-10-24-12)18(23)20-16(11-17(21)22)13-5-7-14(8-6-13)19(2,3)4/h5-10,16H,11H2,1-4H3,(H,20,23)(H,21,22). The van der Waals surface area contributed by atoms with Crippen LogP contribution in [-0.4, -0.2) is 17.0 Å². The first-order chi connectivity index (χ1) is 11.2. The third kappa shape index (κ3) is 4.25. The van der Waals surface area contributed by atoms with E-state index in [-0.39, 0.29) is 17.7 Å². The van der Waals surface area contributed by atoms with Crippen LogP contribution in [0.4, 0.5) is 0 Å². The molecule has 2 aromatic rings. The maximum Gasteiger partial charge on any atom is 0.305 e. The summed E-state index contributed by atoms with van der Waals surface area (Å²) in [6.07, 6.45) is 1.26. The predicted octanol–water partition coefficient (Wildman–Crippen LogP) is 3.83. The first-order valence-corrected chi connectivity index (χ1v) is 7.85. The van der Waals surface area contributed by atoms with Gasteiger partial charge < -0.3 is 14.8 Å². The van der Waals surface area contributed by atoms with E-state index in [4.69, 9.17) is 9.52 Å². The number of rotatable bonds is 5. The van der Waals surface area contributed by atoms with Crippen LogP contribution < -0.4 is 5.32 Å². The highest BCUT2D eigenvalue weighted by Gasteiger charge is 2.21. The highest BCUT2D eigenvalue weighted by molar-refractivity contribution is 5.95. The maximum atomic E-state index is 12.4. The van der Waals surface area contributed by atoms with Gasteiger partial charge in [0.15, 0.2) is 0 Å². The van der Waals surface area contributed by atoms with E-state index in [1.54, 1.807) is 13.0 Å². The van der Waals surface area contributed by atoms with Crippen LogP contribution in [0.3, 0.4) is 0 Å². The summed E-state index contributed by atoms with van der Waals surface area (Å²) in [7, 11) is 0. The van der Waals surface area contributed by atoms with Gasteiger partial charge in [-0.2, -0.15) is 0 Å². The Balaban J connectivity index is 2.23. The van der Waals surface area contributed by atoms with Gasteiger partial charge in [-0.25, -0.2) is 0 Å². The van der Waals surface area contributed by atoms with Gasteiger partial charge in [0.2, 0.25) is 0 Å². The van der Waals surface area contributed by atoms with Gasteiger partial charge >= 0.3 is 5.97 Å². The first kappa shape index (κ1) is 17.8. The molecule has 1 heterocycles. The Morgan fingerprint density at radius 2 is 1.79 bits per heavy atom. The van der Waals surface area contributed by atoms with E-state index in [0.717, 1.165) is 11.1 Å². The summed E-state index contributed by atoms with van der Waals surface area (Å²) in [5.41, 5.74) is 2.34. The summed E-state index contributed by atoms with van der Waals surface area (Å²) in [6, 6.07) is 8.66. The zero-order valence-electron chi connectivity index (χ0n) is 14.4. The fourth-order valence-electron chi connectivity index (χ4n) is 2.50. The second-order valence-electron chi connectivity index (χ2n) is 6.89. The van der Waals surface area contributed by atoms with Crippen molar-refractivity contribution in [2.75, 3.05) is 0 Å². The van der Waals surface area contributed by atoms with E-state index < -0.39 is 12.0 Å². The lowest BCUT2D eigenvalue weighted by Crippen LogP contribution is -2.30. The predicted molar refractivity (Wildman–Crippen MR) is 91.0 cm³/mol.